The first kappa shape index (κ1) is 72.1. The summed E-state index contributed by atoms with van der Waals surface area (Å²) in [5, 5.41) is 0. The number of esters is 3. The Morgan fingerprint density at radius 2 is 0.520 bits per heavy atom. The zero-order valence-electron chi connectivity index (χ0n) is 50.1. The molecule has 1 unspecified atom stereocenters. The second-order valence-corrected chi connectivity index (χ2v) is 22.0. The van der Waals surface area contributed by atoms with Gasteiger partial charge in [0.15, 0.2) is 6.10 Å². The van der Waals surface area contributed by atoms with Crippen LogP contribution in [-0.2, 0) is 28.6 Å². The molecule has 0 aliphatic heterocycles. The van der Waals surface area contributed by atoms with Crippen LogP contribution in [0.1, 0.15) is 342 Å². The van der Waals surface area contributed by atoms with Crippen LogP contribution >= 0.6 is 0 Å². The largest absolute Gasteiger partial charge is 0.462 e. The Morgan fingerprint density at radius 3 is 0.827 bits per heavy atom. The average molecular weight is 1050 g/mol. The summed E-state index contributed by atoms with van der Waals surface area (Å²) in [6.07, 6.45) is 81.1. The Kier molecular flexibility index (Phi) is 61.2. The third-order valence-corrected chi connectivity index (χ3v) is 14.5. The van der Waals surface area contributed by atoms with E-state index in [1.807, 2.05) is 0 Å². The molecule has 0 amide bonds. The third-order valence-electron chi connectivity index (χ3n) is 14.5. The van der Waals surface area contributed by atoms with Crippen molar-refractivity contribution < 1.29 is 28.6 Å². The molecule has 1 atom stereocenters. The number of hydrogen-bond donors (Lipinski definition) is 0. The van der Waals surface area contributed by atoms with E-state index in [0.29, 0.717) is 19.3 Å². The second-order valence-electron chi connectivity index (χ2n) is 22.0. The van der Waals surface area contributed by atoms with Crippen LogP contribution in [0.3, 0.4) is 0 Å². The predicted molar refractivity (Wildman–Crippen MR) is 325 cm³/mol. The van der Waals surface area contributed by atoms with Crippen LogP contribution in [0.15, 0.2) is 60.8 Å². The first-order valence-corrected chi connectivity index (χ1v) is 32.8. The highest BCUT2D eigenvalue weighted by Gasteiger charge is 2.19. The Balaban J connectivity index is 4.12. The zero-order chi connectivity index (χ0) is 54.3. The highest BCUT2D eigenvalue weighted by atomic mass is 16.6. The van der Waals surface area contributed by atoms with E-state index >= 15 is 0 Å². The number of unbranched alkanes of at least 4 members (excludes halogenated alkanes) is 39. The lowest BCUT2D eigenvalue weighted by atomic mass is 10.0. The van der Waals surface area contributed by atoms with Gasteiger partial charge in [0, 0.05) is 19.3 Å². The minimum atomic E-state index is -0.786. The first-order chi connectivity index (χ1) is 37.0. The summed E-state index contributed by atoms with van der Waals surface area (Å²) in [7, 11) is 0. The fourth-order valence-corrected chi connectivity index (χ4v) is 9.61. The lowest BCUT2D eigenvalue weighted by Crippen LogP contribution is -2.30. The Hall–Kier alpha value is -2.89. The van der Waals surface area contributed by atoms with E-state index < -0.39 is 6.10 Å². The lowest BCUT2D eigenvalue weighted by Gasteiger charge is -2.18. The molecule has 0 saturated heterocycles. The van der Waals surface area contributed by atoms with E-state index in [2.05, 4.69) is 81.5 Å². The average Bonchev–Trinajstić information content (AvgIpc) is 3.41. The Morgan fingerprint density at radius 1 is 0.280 bits per heavy atom. The van der Waals surface area contributed by atoms with Gasteiger partial charge in [0.1, 0.15) is 13.2 Å². The maximum absolute atomic E-state index is 12.8. The molecule has 6 nitrogen and oxygen atoms in total. The smallest absolute Gasteiger partial charge is 0.306 e. The van der Waals surface area contributed by atoms with Crippen LogP contribution in [0.25, 0.3) is 0 Å². The van der Waals surface area contributed by atoms with Gasteiger partial charge in [0.05, 0.1) is 0 Å². The molecule has 0 radical (unpaired) electrons. The SMILES string of the molecule is CC/C=C\C/C=C\C/C=C\CCCCCC(=O)OC(COC(=O)CCCCCCCCCCCCCCC)COC(=O)CCCCCCCCCCCCCCCCCCCCC/C=C\C/C=C\CCCCCCC. The molecule has 0 spiro atoms. The zero-order valence-corrected chi connectivity index (χ0v) is 50.1. The molecule has 0 aromatic heterocycles. The van der Waals surface area contributed by atoms with Gasteiger partial charge in [-0.05, 0) is 83.5 Å². The van der Waals surface area contributed by atoms with Gasteiger partial charge in [-0.2, -0.15) is 0 Å². The van der Waals surface area contributed by atoms with Crippen molar-refractivity contribution in [2.45, 2.75) is 348 Å². The lowest BCUT2D eigenvalue weighted by molar-refractivity contribution is -0.167. The van der Waals surface area contributed by atoms with Gasteiger partial charge in [0.2, 0.25) is 0 Å². The quantitative estimate of drug-likeness (QED) is 0.0261. The number of allylic oxidation sites excluding steroid dienone is 10. The van der Waals surface area contributed by atoms with Crippen molar-refractivity contribution in [1.82, 2.24) is 0 Å². The van der Waals surface area contributed by atoms with Crippen LogP contribution in [0, 0.1) is 0 Å². The van der Waals surface area contributed by atoms with Gasteiger partial charge in [-0.25, -0.2) is 0 Å². The minimum Gasteiger partial charge on any atom is -0.462 e. The summed E-state index contributed by atoms with van der Waals surface area (Å²) in [4.78, 5) is 38.2. The molecule has 0 aliphatic carbocycles. The molecule has 0 bridgehead atoms. The topological polar surface area (TPSA) is 78.9 Å². The number of rotatable bonds is 60. The van der Waals surface area contributed by atoms with Crippen molar-refractivity contribution in [2.75, 3.05) is 13.2 Å². The second kappa shape index (κ2) is 63.6. The molecule has 0 aliphatic rings. The van der Waals surface area contributed by atoms with E-state index in [1.165, 1.54) is 212 Å². The molecule has 0 aromatic rings. The number of hydrogen-bond acceptors (Lipinski definition) is 6. The van der Waals surface area contributed by atoms with Crippen molar-refractivity contribution in [3.05, 3.63) is 60.8 Å². The summed E-state index contributed by atoms with van der Waals surface area (Å²) in [6, 6.07) is 0. The third kappa shape index (κ3) is 61.8. The van der Waals surface area contributed by atoms with E-state index in [4.69, 9.17) is 14.2 Å². The fourth-order valence-electron chi connectivity index (χ4n) is 9.61. The van der Waals surface area contributed by atoms with E-state index in [9.17, 15) is 14.4 Å². The molecule has 0 saturated carbocycles. The van der Waals surface area contributed by atoms with Crippen molar-refractivity contribution in [2.24, 2.45) is 0 Å². The molecule has 436 valence electrons. The molecule has 0 rings (SSSR count). The summed E-state index contributed by atoms with van der Waals surface area (Å²) < 4.78 is 16.9. The summed E-state index contributed by atoms with van der Waals surface area (Å²) >= 11 is 0. The Bertz CT molecular complexity index is 1340. The van der Waals surface area contributed by atoms with Gasteiger partial charge in [-0.1, -0.05) is 300 Å². The standard InChI is InChI=1S/C69H124O6/c1-4-7-10-13-16-19-22-25-26-27-28-29-30-31-32-33-34-35-36-37-38-39-40-41-42-45-47-50-53-56-59-62-68(71)74-65-66(75-69(72)63-60-57-54-51-48-44-24-21-18-15-12-9-6-3)64-73-67(70)61-58-55-52-49-46-43-23-20-17-14-11-8-5-2/h9,12,18,21-22,25,27-28,44,48,66H,4-8,10-11,13-17,19-20,23-24,26,29-43,45-47,49-65H2,1-3H3/b12-9-,21-18-,25-22-,28-27-,48-44-. The van der Waals surface area contributed by atoms with Crippen molar-refractivity contribution >= 4 is 17.9 Å². The first-order valence-electron chi connectivity index (χ1n) is 32.8. The molecular formula is C69H124O6. The normalized spacial score (nSPS) is 12.4. The summed E-state index contributed by atoms with van der Waals surface area (Å²) in [5.41, 5.74) is 0. The molecule has 0 heterocycles. The molecule has 0 N–H and O–H groups in total. The van der Waals surface area contributed by atoms with Gasteiger partial charge in [0.25, 0.3) is 0 Å². The van der Waals surface area contributed by atoms with Crippen LogP contribution in [0.4, 0.5) is 0 Å². The van der Waals surface area contributed by atoms with Gasteiger partial charge in [-0.15, -0.1) is 0 Å². The maximum atomic E-state index is 12.8. The Labute approximate surface area is 466 Å². The molecule has 75 heavy (non-hydrogen) atoms. The monoisotopic (exact) mass is 1050 g/mol. The van der Waals surface area contributed by atoms with Crippen LogP contribution in [-0.4, -0.2) is 37.2 Å². The minimum absolute atomic E-state index is 0.0817. The number of carbonyl (C=O) groups is 3. The summed E-state index contributed by atoms with van der Waals surface area (Å²) in [6.45, 7) is 6.53. The van der Waals surface area contributed by atoms with Gasteiger partial charge >= 0.3 is 17.9 Å². The molecule has 6 heteroatoms. The van der Waals surface area contributed by atoms with E-state index in [0.717, 1.165) is 89.9 Å². The number of carbonyl (C=O) groups excluding carboxylic acids is 3. The molecule has 0 fully saturated rings. The number of ether oxygens (including phenoxy) is 3. The fraction of sp³-hybridized carbons (Fsp3) is 0.812. The van der Waals surface area contributed by atoms with Crippen LogP contribution in [0.2, 0.25) is 0 Å². The molecular weight excluding hydrogens is 925 g/mol. The highest BCUT2D eigenvalue weighted by molar-refractivity contribution is 5.71. The van der Waals surface area contributed by atoms with Crippen LogP contribution < -0.4 is 0 Å². The highest BCUT2D eigenvalue weighted by Crippen LogP contribution is 2.17. The summed E-state index contributed by atoms with van der Waals surface area (Å²) in [5.74, 6) is -0.894. The van der Waals surface area contributed by atoms with Crippen LogP contribution in [0.5, 0.6) is 0 Å². The van der Waals surface area contributed by atoms with E-state index in [-0.39, 0.29) is 31.1 Å². The maximum Gasteiger partial charge on any atom is 0.306 e. The van der Waals surface area contributed by atoms with Gasteiger partial charge < -0.3 is 14.2 Å². The van der Waals surface area contributed by atoms with E-state index in [1.54, 1.807) is 0 Å². The van der Waals surface area contributed by atoms with Crippen molar-refractivity contribution in [3.8, 4) is 0 Å². The van der Waals surface area contributed by atoms with Gasteiger partial charge in [-0.3, -0.25) is 14.4 Å². The van der Waals surface area contributed by atoms with Crippen molar-refractivity contribution in [1.29, 1.82) is 0 Å². The molecule has 0 aromatic carbocycles. The predicted octanol–water partition coefficient (Wildman–Crippen LogP) is 22.3. The van der Waals surface area contributed by atoms with Crippen molar-refractivity contribution in [3.63, 3.8) is 0 Å².